The summed E-state index contributed by atoms with van der Waals surface area (Å²) in [6.45, 7) is 2.86. The number of methoxy groups -OCH3 is 1. The molecule has 1 atom stereocenters. The molecule has 1 saturated heterocycles. The Kier molecular flexibility index (Phi) is 4.57. The summed E-state index contributed by atoms with van der Waals surface area (Å²) in [6, 6.07) is 3.28. The molecule has 1 aliphatic rings. The van der Waals surface area contributed by atoms with Crippen molar-refractivity contribution in [3.8, 4) is 5.88 Å². The Bertz CT molecular complexity index is 421. The minimum Gasteiger partial charge on any atom is -0.481 e. The fourth-order valence-electron chi connectivity index (χ4n) is 2.18. The van der Waals surface area contributed by atoms with Crippen LogP contribution >= 0.6 is 0 Å². The molecule has 1 fully saturated rings. The first-order chi connectivity index (χ1) is 9.17. The van der Waals surface area contributed by atoms with Crippen LogP contribution in [-0.4, -0.2) is 49.7 Å². The Hall–Kier alpha value is -1.82. The standard InChI is InChI=1S/C13H20N4O2/c1-17-6-5-10(9-17)7-15-13(18)16-11-3-4-12(19-2)14-8-11/h3-4,8,10H,5-7,9H2,1-2H3,(H2,15,16,18). The number of rotatable bonds is 4. The normalized spacial score (nSPS) is 19.2. The molecule has 2 rings (SSSR count). The summed E-state index contributed by atoms with van der Waals surface area (Å²) >= 11 is 0. The number of anilines is 1. The lowest BCUT2D eigenvalue weighted by molar-refractivity contribution is 0.250. The number of ether oxygens (including phenoxy) is 1. The van der Waals surface area contributed by atoms with Gasteiger partial charge in [-0.3, -0.25) is 0 Å². The predicted octanol–water partition coefficient (Wildman–Crippen LogP) is 1.16. The number of aromatic nitrogens is 1. The molecule has 0 radical (unpaired) electrons. The van der Waals surface area contributed by atoms with Gasteiger partial charge in [0.25, 0.3) is 0 Å². The number of hydrogen-bond donors (Lipinski definition) is 2. The second-order valence-electron chi connectivity index (χ2n) is 4.84. The van der Waals surface area contributed by atoms with Gasteiger partial charge in [-0.15, -0.1) is 0 Å². The number of urea groups is 1. The zero-order valence-electron chi connectivity index (χ0n) is 11.3. The van der Waals surface area contributed by atoms with Gasteiger partial charge in [-0.1, -0.05) is 0 Å². The molecule has 6 heteroatoms. The van der Waals surface area contributed by atoms with Gasteiger partial charge in [0.2, 0.25) is 5.88 Å². The smallest absolute Gasteiger partial charge is 0.319 e. The molecular weight excluding hydrogens is 244 g/mol. The van der Waals surface area contributed by atoms with E-state index in [-0.39, 0.29) is 6.03 Å². The summed E-state index contributed by atoms with van der Waals surface area (Å²) < 4.78 is 4.96. The van der Waals surface area contributed by atoms with Gasteiger partial charge in [0.05, 0.1) is 19.0 Å². The Morgan fingerprint density at radius 2 is 2.42 bits per heavy atom. The lowest BCUT2D eigenvalue weighted by atomic mass is 10.1. The van der Waals surface area contributed by atoms with Gasteiger partial charge in [0.15, 0.2) is 0 Å². The highest BCUT2D eigenvalue weighted by Gasteiger charge is 2.19. The number of nitrogens with zero attached hydrogens (tertiary/aromatic N) is 2. The molecular formula is C13H20N4O2. The molecule has 2 amide bonds. The topological polar surface area (TPSA) is 66.5 Å². The maximum atomic E-state index is 11.7. The second kappa shape index (κ2) is 6.38. The van der Waals surface area contributed by atoms with E-state index in [1.165, 1.54) is 0 Å². The fraction of sp³-hybridized carbons (Fsp3) is 0.538. The summed E-state index contributed by atoms with van der Waals surface area (Å²) in [7, 11) is 3.66. The van der Waals surface area contributed by atoms with Gasteiger partial charge >= 0.3 is 6.03 Å². The largest absolute Gasteiger partial charge is 0.481 e. The van der Waals surface area contributed by atoms with Gasteiger partial charge in [0, 0.05) is 19.2 Å². The summed E-state index contributed by atoms with van der Waals surface area (Å²) in [5.74, 6) is 1.07. The SMILES string of the molecule is COc1ccc(NC(=O)NCC2CCN(C)C2)cn1. The summed E-state index contributed by atoms with van der Waals surface area (Å²) in [5.41, 5.74) is 0.654. The van der Waals surface area contributed by atoms with E-state index in [0.29, 0.717) is 24.0 Å². The Labute approximate surface area is 113 Å². The molecule has 1 aliphatic heterocycles. The molecule has 0 bridgehead atoms. The third-order valence-corrected chi connectivity index (χ3v) is 3.24. The summed E-state index contributed by atoms with van der Waals surface area (Å²) in [6.07, 6.45) is 2.71. The summed E-state index contributed by atoms with van der Waals surface area (Å²) in [5, 5.41) is 5.63. The van der Waals surface area contributed by atoms with Gasteiger partial charge in [-0.05, 0) is 32.0 Å². The van der Waals surface area contributed by atoms with E-state index in [1.807, 2.05) is 0 Å². The average molecular weight is 264 g/mol. The molecule has 0 aliphatic carbocycles. The number of carbonyl (C=O) groups excluding carboxylic acids is 1. The van der Waals surface area contributed by atoms with Gasteiger partial charge in [0.1, 0.15) is 0 Å². The zero-order chi connectivity index (χ0) is 13.7. The van der Waals surface area contributed by atoms with Crippen LogP contribution in [0.2, 0.25) is 0 Å². The Morgan fingerprint density at radius 1 is 1.58 bits per heavy atom. The maximum absolute atomic E-state index is 11.7. The monoisotopic (exact) mass is 264 g/mol. The number of nitrogens with one attached hydrogen (secondary N) is 2. The first kappa shape index (κ1) is 13.6. The van der Waals surface area contributed by atoms with Gasteiger partial charge in [-0.2, -0.15) is 0 Å². The minimum atomic E-state index is -0.193. The van der Waals surface area contributed by atoms with Crippen molar-refractivity contribution in [2.45, 2.75) is 6.42 Å². The summed E-state index contributed by atoms with van der Waals surface area (Å²) in [4.78, 5) is 18.0. The van der Waals surface area contributed by atoms with Crippen LogP contribution < -0.4 is 15.4 Å². The third kappa shape index (κ3) is 4.10. The zero-order valence-corrected chi connectivity index (χ0v) is 11.3. The highest BCUT2D eigenvalue weighted by molar-refractivity contribution is 5.88. The van der Waals surface area contributed by atoms with Crippen molar-refractivity contribution in [2.24, 2.45) is 5.92 Å². The third-order valence-electron chi connectivity index (χ3n) is 3.24. The van der Waals surface area contributed by atoms with Crippen molar-refractivity contribution in [2.75, 3.05) is 39.1 Å². The fourth-order valence-corrected chi connectivity index (χ4v) is 2.18. The van der Waals surface area contributed by atoms with Crippen molar-refractivity contribution in [1.82, 2.24) is 15.2 Å². The van der Waals surface area contributed by atoms with E-state index < -0.39 is 0 Å². The molecule has 104 valence electrons. The average Bonchev–Trinajstić information content (AvgIpc) is 2.83. The van der Waals surface area contributed by atoms with Crippen LogP contribution in [0, 0.1) is 5.92 Å². The Morgan fingerprint density at radius 3 is 3.00 bits per heavy atom. The predicted molar refractivity (Wildman–Crippen MR) is 73.4 cm³/mol. The highest BCUT2D eigenvalue weighted by Crippen LogP contribution is 2.13. The van der Waals surface area contributed by atoms with E-state index in [0.717, 1.165) is 19.5 Å². The molecule has 1 aromatic rings. The molecule has 0 saturated carbocycles. The van der Waals surface area contributed by atoms with Gasteiger partial charge < -0.3 is 20.3 Å². The number of hydrogen-bond acceptors (Lipinski definition) is 4. The van der Waals surface area contributed by atoms with Crippen molar-refractivity contribution < 1.29 is 9.53 Å². The molecule has 2 N–H and O–H groups in total. The van der Waals surface area contributed by atoms with Crippen LogP contribution in [0.4, 0.5) is 10.5 Å². The van der Waals surface area contributed by atoms with Crippen molar-refractivity contribution >= 4 is 11.7 Å². The van der Waals surface area contributed by atoms with E-state index in [2.05, 4.69) is 27.6 Å². The molecule has 6 nitrogen and oxygen atoms in total. The number of carbonyl (C=O) groups is 1. The van der Waals surface area contributed by atoms with Crippen LogP contribution in [0.5, 0.6) is 5.88 Å². The van der Waals surface area contributed by atoms with Crippen LogP contribution in [-0.2, 0) is 0 Å². The Balaban J connectivity index is 1.74. The van der Waals surface area contributed by atoms with E-state index >= 15 is 0 Å². The first-order valence-corrected chi connectivity index (χ1v) is 6.41. The second-order valence-corrected chi connectivity index (χ2v) is 4.84. The van der Waals surface area contributed by atoms with Crippen LogP contribution in [0.25, 0.3) is 0 Å². The van der Waals surface area contributed by atoms with Crippen molar-refractivity contribution in [1.29, 1.82) is 0 Å². The van der Waals surface area contributed by atoms with E-state index in [1.54, 1.807) is 25.4 Å². The van der Waals surface area contributed by atoms with E-state index in [4.69, 9.17) is 4.74 Å². The van der Waals surface area contributed by atoms with Crippen molar-refractivity contribution in [3.63, 3.8) is 0 Å². The molecule has 1 aromatic heterocycles. The molecule has 0 aromatic carbocycles. The molecule has 0 spiro atoms. The first-order valence-electron chi connectivity index (χ1n) is 6.41. The molecule has 1 unspecified atom stereocenters. The number of amides is 2. The highest BCUT2D eigenvalue weighted by atomic mass is 16.5. The van der Waals surface area contributed by atoms with Crippen LogP contribution in [0.1, 0.15) is 6.42 Å². The van der Waals surface area contributed by atoms with Crippen molar-refractivity contribution in [3.05, 3.63) is 18.3 Å². The number of pyridine rings is 1. The van der Waals surface area contributed by atoms with Crippen LogP contribution in [0.3, 0.4) is 0 Å². The maximum Gasteiger partial charge on any atom is 0.319 e. The minimum absolute atomic E-state index is 0.193. The molecule has 2 heterocycles. The lowest BCUT2D eigenvalue weighted by Crippen LogP contribution is -2.33. The number of likely N-dealkylation sites (tertiary alicyclic amines) is 1. The van der Waals surface area contributed by atoms with E-state index in [9.17, 15) is 4.79 Å². The lowest BCUT2D eigenvalue weighted by Gasteiger charge is -2.12. The van der Waals surface area contributed by atoms with Crippen LogP contribution in [0.15, 0.2) is 18.3 Å². The van der Waals surface area contributed by atoms with Gasteiger partial charge in [-0.25, -0.2) is 9.78 Å². The molecule has 19 heavy (non-hydrogen) atoms. The quantitative estimate of drug-likeness (QED) is 0.856.